The lowest BCUT2D eigenvalue weighted by atomic mass is 10.1. The van der Waals surface area contributed by atoms with Crippen molar-refractivity contribution in [1.82, 2.24) is 0 Å². The minimum atomic E-state index is -1.49. The van der Waals surface area contributed by atoms with Gasteiger partial charge in [-0.2, -0.15) is 0 Å². The second-order valence-corrected chi connectivity index (χ2v) is 13.7. The minimum absolute atomic E-state index is 0.230. The number of amides is 1. The molecular formula is C37H50Cl5NO6. The van der Waals surface area contributed by atoms with Crippen molar-refractivity contribution in [2.75, 3.05) is 12.4 Å². The number of hydrogen-bond acceptors (Lipinski definition) is 4. The molecule has 0 radical (unpaired) electrons. The van der Waals surface area contributed by atoms with Crippen LogP contribution in [0.15, 0.2) is 30.4 Å². The molecule has 1 amide bonds. The number of allylic oxidation sites excluding steroid dienone is 2. The number of benzene rings is 2. The molecule has 0 aliphatic heterocycles. The number of carboxylic acid groups (broad SMARTS) is 2. The Labute approximate surface area is 316 Å². The number of anilines is 1. The first kappa shape index (κ1) is 44.9. The molecule has 0 unspecified atom stereocenters. The number of nitrogens with one attached hydrogen (secondary N) is 1. The average molecular weight is 782 g/mol. The summed E-state index contributed by atoms with van der Waals surface area (Å²) in [4.78, 5) is 34.5. The Hall–Kier alpha value is -2.16. The van der Waals surface area contributed by atoms with Gasteiger partial charge in [0.2, 0.25) is 0 Å². The van der Waals surface area contributed by atoms with Crippen molar-refractivity contribution in [2.24, 2.45) is 0 Å². The number of ether oxygens (including phenoxy) is 1. The second kappa shape index (κ2) is 26.6. The van der Waals surface area contributed by atoms with Crippen LogP contribution in [-0.2, 0) is 4.79 Å². The molecule has 274 valence electrons. The Bertz CT molecular complexity index is 1350. The molecule has 7 nitrogen and oxygen atoms in total. The van der Waals surface area contributed by atoms with Crippen LogP contribution in [0.25, 0.3) is 0 Å². The standard InChI is InChI=1S/C22H42O2.C15H8Cl5NO4/c1-2-3-4-5-6-7-8-9-10-11-12-13-14-15-16-17-18-19-20-21-22(23)24;1-25-7-4-5(16)2-3-6(7)21-14(22)8-9(15(23)24)11(18)13(20)12(19)10(8)17/h9-10H,2-8,11-21H2,1H3,(H,23,24);2-4H,1H3,(H,21,22)(H,23,24)/b10-9-;. The number of carbonyl (C=O) groups is 3. The summed E-state index contributed by atoms with van der Waals surface area (Å²) >= 11 is 29.6. The minimum Gasteiger partial charge on any atom is -0.495 e. The number of unbranched alkanes of at least 4 members (excludes halogenated alkanes) is 15. The van der Waals surface area contributed by atoms with Gasteiger partial charge in [0, 0.05) is 17.5 Å². The Morgan fingerprint density at radius 2 is 1.14 bits per heavy atom. The van der Waals surface area contributed by atoms with Gasteiger partial charge in [0.1, 0.15) is 5.75 Å². The number of halogens is 5. The van der Waals surface area contributed by atoms with E-state index in [1.54, 1.807) is 0 Å². The zero-order valence-electron chi connectivity index (χ0n) is 28.5. The van der Waals surface area contributed by atoms with Crippen molar-refractivity contribution in [2.45, 2.75) is 122 Å². The van der Waals surface area contributed by atoms with Crippen molar-refractivity contribution in [3.05, 3.63) is 66.6 Å². The fraction of sp³-hybridized carbons (Fsp3) is 0.541. The lowest BCUT2D eigenvalue weighted by molar-refractivity contribution is -0.137. The number of carbonyl (C=O) groups excluding carboxylic acids is 1. The molecule has 0 aliphatic carbocycles. The average Bonchev–Trinajstić information content (AvgIpc) is 3.07. The first-order valence-corrected chi connectivity index (χ1v) is 19.0. The molecular weight excluding hydrogens is 732 g/mol. The van der Waals surface area contributed by atoms with E-state index in [1.807, 2.05) is 0 Å². The Morgan fingerprint density at radius 1 is 0.673 bits per heavy atom. The molecule has 0 saturated carbocycles. The summed E-state index contributed by atoms with van der Waals surface area (Å²) in [7, 11) is 1.38. The molecule has 0 bridgehead atoms. The van der Waals surface area contributed by atoms with E-state index in [2.05, 4.69) is 24.4 Å². The summed E-state index contributed by atoms with van der Waals surface area (Å²) in [5.74, 6) is -2.74. The largest absolute Gasteiger partial charge is 0.495 e. The highest BCUT2D eigenvalue weighted by atomic mass is 35.5. The van der Waals surface area contributed by atoms with Crippen LogP contribution in [0.3, 0.4) is 0 Å². The number of rotatable bonds is 23. The van der Waals surface area contributed by atoms with E-state index in [0.717, 1.165) is 12.8 Å². The van der Waals surface area contributed by atoms with Crippen molar-refractivity contribution >= 4 is 81.5 Å². The summed E-state index contributed by atoms with van der Waals surface area (Å²) in [6, 6.07) is 4.46. The van der Waals surface area contributed by atoms with Crippen LogP contribution >= 0.6 is 58.0 Å². The van der Waals surface area contributed by atoms with E-state index in [4.69, 9.17) is 67.8 Å². The molecule has 0 fully saturated rings. The van der Waals surface area contributed by atoms with Crippen molar-refractivity contribution in [1.29, 1.82) is 0 Å². The second-order valence-electron chi connectivity index (χ2n) is 11.8. The monoisotopic (exact) mass is 779 g/mol. The topological polar surface area (TPSA) is 113 Å². The van der Waals surface area contributed by atoms with E-state index in [1.165, 1.54) is 122 Å². The quantitative estimate of drug-likeness (QED) is 0.0448. The lowest BCUT2D eigenvalue weighted by Crippen LogP contribution is -2.18. The SMILES string of the molecule is CCCCCCCC/C=C\CCCCCCCCCCCC(=O)O.COc1cc(Cl)ccc1NC(=O)c1c(Cl)c(Cl)c(Cl)c(Cl)c1C(=O)O. The van der Waals surface area contributed by atoms with E-state index in [0.29, 0.717) is 11.4 Å². The highest BCUT2D eigenvalue weighted by Crippen LogP contribution is 2.42. The molecule has 2 aromatic rings. The summed E-state index contributed by atoms with van der Waals surface area (Å²) in [6.45, 7) is 2.27. The highest BCUT2D eigenvalue weighted by Gasteiger charge is 2.29. The Morgan fingerprint density at radius 3 is 1.61 bits per heavy atom. The third-order valence-electron chi connectivity index (χ3n) is 7.77. The van der Waals surface area contributed by atoms with Crippen LogP contribution in [-0.4, -0.2) is 35.2 Å². The van der Waals surface area contributed by atoms with Gasteiger partial charge in [-0.3, -0.25) is 9.59 Å². The first-order chi connectivity index (χ1) is 23.5. The maximum Gasteiger partial charge on any atom is 0.338 e. The summed E-state index contributed by atoms with van der Waals surface area (Å²) in [5.41, 5.74) is -0.747. The van der Waals surface area contributed by atoms with Gasteiger partial charge in [0.15, 0.2) is 0 Å². The molecule has 0 aliphatic rings. The zero-order chi connectivity index (χ0) is 36.6. The lowest BCUT2D eigenvalue weighted by Gasteiger charge is -2.15. The molecule has 49 heavy (non-hydrogen) atoms. The Kier molecular flexibility index (Phi) is 24.4. The van der Waals surface area contributed by atoms with Gasteiger partial charge in [-0.25, -0.2) is 4.79 Å². The number of hydrogen-bond donors (Lipinski definition) is 3. The van der Waals surface area contributed by atoms with E-state index in [9.17, 15) is 19.5 Å². The smallest absolute Gasteiger partial charge is 0.338 e. The molecule has 0 atom stereocenters. The number of methoxy groups -OCH3 is 1. The van der Waals surface area contributed by atoms with Crippen molar-refractivity contribution in [3.63, 3.8) is 0 Å². The third-order valence-corrected chi connectivity index (χ3v) is 9.81. The van der Waals surface area contributed by atoms with Crippen LogP contribution in [0.2, 0.25) is 25.1 Å². The number of aromatic carboxylic acids is 1. The van der Waals surface area contributed by atoms with E-state index < -0.39 is 34.0 Å². The molecule has 12 heteroatoms. The fourth-order valence-electron chi connectivity index (χ4n) is 5.05. The van der Waals surface area contributed by atoms with Gasteiger partial charge < -0.3 is 20.3 Å². The molecule has 0 spiro atoms. The summed E-state index contributed by atoms with van der Waals surface area (Å²) in [6.07, 6.45) is 27.1. The third kappa shape index (κ3) is 18.1. The first-order valence-electron chi connectivity index (χ1n) is 17.1. The van der Waals surface area contributed by atoms with Gasteiger partial charge in [0.05, 0.1) is 44.0 Å². The highest BCUT2D eigenvalue weighted by molar-refractivity contribution is 6.54. The van der Waals surface area contributed by atoms with Crippen LogP contribution in [0.4, 0.5) is 5.69 Å². The van der Waals surface area contributed by atoms with Crippen molar-refractivity contribution < 1.29 is 29.3 Å². The fourth-order valence-corrected chi connectivity index (χ4v) is 6.23. The molecule has 0 aromatic heterocycles. The normalized spacial score (nSPS) is 10.9. The van der Waals surface area contributed by atoms with Gasteiger partial charge in [0.25, 0.3) is 5.91 Å². The molecule has 2 aromatic carbocycles. The maximum atomic E-state index is 12.6. The van der Waals surface area contributed by atoms with Gasteiger partial charge >= 0.3 is 11.9 Å². The van der Waals surface area contributed by atoms with Gasteiger partial charge in [-0.1, -0.05) is 154 Å². The predicted molar refractivity (Wildman–Crippen MR) is 205 cm³/mol. The Balaban J connectivity index is 0.000000491. The summed E-state index contributed by atoms with van der Waals surface area (Å²) < 4.78 is 5.12. The summed E-state index contributed by atoms with van der Waals surface area (Å²) in [5, 5.41) is 19.6. The van der Waals surface area contributed by atoms with Gasteiger partial charge in [-0.15, -0.1) is 0 Å². The zero-order valence-corrected chi connectivity index (χ0v) is 32.3. The predicted octanol–water partition coefficient (Wildman–Crippen LogP) is 13.6. The van der Waals surface area contributed by atoms with Crippen molar-refractivity contribution in [3.8, 4) is 5.75 Å². The van der Waals surface area contributed by atoms with Gasteiger partial charge in [-0.05, 0) is 44.2 Å². The van der Waals surface area contributed by atoms with Crippen LogP contribution in [0.5, 0.6) is 5.75 Å². The number of aliphatic carboxylic acids is 1. The number of carboxylic acids is 2. The maximum absolute atomic E-state index is 12.6. The van der Waals surface area contributed by atoms with E-state index >= 15 is 0 Å². The van der Waals surface area contributed by atoms with Crippen LogP contribution < -0.4 is 10.1 Å². The molecule has 2 rings (SSSR count). The molecule has 0 saturated heterocycles. The van der Waals surface area contributed by atoms with Crippen LogP contribution in [0.1, 0.15) is 143 Å². The van der Waals surface area contributed by atoms with E-state index in [-0.39, 0.29) is 26.5 Å². The molecule has 3 N–H and O–H groups in total. The van der Waals surface area contributed by atoms with Crippen LogP contribution in [0, 0.1) is 0 Å². The molecule has 0 heterocycles.